The van der Waals surface area contributed by atoms with Gasteiger partial charge in [0.15, 0.2) is 11.4 Å². The first-order chi connectivity index (χ1) is 13.4. The van der Waals surface area contributed by atoms with Gasteiger partial charge in [0.2, 0.25) is 0 Å². The number of nitrogens with one attached hydrogen (secondary N) is 1. The van der Waals surface area contributed by atoms with Gasteiger partial charge in [0.05, 0.1) is 11.7 Å². The highest BCUT2D eigenvalue weighted by Crippen LogP contribution is 2.18. The third-order valence-electron chi connectivity index (χ3n) is 4.43. The van der Waals surface area contributed by atoms with Crippen LogP contribution in [0.1, 0.15) is 41.5 Å². The van der Waals surface area contributed by atoms with Crippen molar-refractivity contribution in [1.82, 2.24) is 15.1 Å². The Morgan fingerprint density at radius 3 is 2.43 bits per heavy atom. The lowest BCUT2D eigenvalue weighted by atomic mass is 10.0. The van der Waals surface area contributed by atoms with Crippen LogP contribution in [0.2, 0.25) is 0 Å². The average Bonchev–Trinajstić information content (AvgIpc) is 2.69. The quantitative estimate of drug-likeness (QED) is 0.631. The van der Waals surface area contributed by atoms with Crippen molar-refractivity contribution in [2.45, 2.75) is 26.3 Å². The molecule has 1 atom stereocenters. The molecule has 28 heavy (non-hydrogen) atoms. The number of aromatic hydroxyl groups is 1. The van der Waals surface area contributed by atoms with E-state index in [1.807, 2.05) is 31.2 Å². The number of nitrogens with zero attached hydrogens (tertiary/aromatic N) is 2. The summed E-state index contributed by atoms with van der Waals surface area (Å²) in [6, 6.07) is 15.6. The maximum atomic E-state index is 12.7. The predicted octanol–water partition coefficient (Wildman–Crippen LogP) is 3.75. The van der Waals surface area contributed by atoms with E-state index in [9.17, 15) is 14.7 Å². The molecule has 3 aromatic rings. The molecule has 2 N–H and O–H groups in total. The highest BCUT2D eigenvalue weighted by atomic mass is 79.9. The van der Waals surface area contributed by atoms with Gasteiger partial charge in [0.1, 0.15) is 0 Å². The van der Waals surface area contributed by atoms with E-state index in [2.05, 4.69) is 33.3 Å². The molecule has 0 radical (unpaired) electrons. The van der Waals surface area contributed by atoms with Crippen molar-refractivity contribution >= 4 is 21.8 Å². The van der Waals surface area contributed by atoms with Crippen LogP contribution < -0.4 is 10.9 Å². The number of amides is 1. The zero-order chi connectivity index (χ0) is 20.3. The van der Waals surface area contributed by atoms with Gasteiger partial charge in [-0.25, -0.2) is 0 Å². The van der Waals surface area contributed by atoms with Gasteiger partial charge in [-0.1, -0.05) is 47.1 Å². The Bertz CT molecular complexity index is 1040. The molecule has 0 saturated heterocycles. The molecule has 0 aliphatic heterocycles. The second-order valence-electron chi connectivity index (χ2n) is 6.39. The number of aryl methyl sites for hydroxylation is 1. The first-order valence-electron chi connectivity index (χ1n) is 8.88. The predicted molar refractivity (Wildman–Crippen MR) is 111 cm³/mol. The monoisotopic (exact) mass is 441 g/mol. The van der Waals surface area contributed by atoms with Crippen molar-refractivity contribution < 1.29 is 9.90 Å². The fourth-order valence-electron chi connectivity index (χ4n) is 2.77. The number of benzene rings is 2. The lowest BCUT2D eigenvalue weighted by molar-refractivity contribution is 0.0930. The van der Waals surface area contributed by atoms with Crippen LogP contribution in [-0.4, -0.2) is 20.8 Å². The van der Waals surface area contributed by atoms with Crippen LogP contribution >= 0.6 is 15.9 Å². The Labute approximate surface area is 171 Å². The minimum Gasteiger partial charge on any atom is -0.505 e. The van der Waals surface area contributed by atoms with E-state index in [0.717, 1.165) is 27.2 Å². The van der Waals surface area contributed by atoms with Crippen LogP contribution in [0.25, 0.3) is 5.69 Å². The molecule has 0 bridgehead atoms. The van der Waals surface area contributed by atoms with Crippen LogP contribution in [0.3, 0.4) is 0 Å². The van der Waals surface area contributed by atoms with Gasteiger partial charge in [-0.05, 0) is 48.7 Å². The first kappa shape index (κ1) is 19.8. The molecule has 0 aliphatic carbocycles. The molecule has 0 aliphatic rings. The molecule has 7 heteroatoms. The minimum atomic E-state index is -0.560. The topological polar surface area (TPSA) is 84.2 Å². The highest BCUT2D eigenvalue weighted by molar-refractivity contribution is 9.10. The second-order valence-corrected chi connectivity index (χ2v) is 7.31. The summed E-state index contributed by atoms with van der Waals surface area (Å²) in [5.41, 5.74) is 1.90. The summed E-state index contributed by atoms with van der Waals surface area (Å²) in [5.74, 6) is -1.01. The molecule has 144 valence electrons. The van der Waals surface area contributed by atoms with E-state index in [1.54, 1.807) is 24.3 Å². The van der Waals surface area contributed by atoms with Crippen molar-refractivity contribution in [3.63, 3.8) is 0 Å². The number of aromatic nitrogens is 2. The fourth-order valence-corrected chi connectivity index (χ4v) is 3.03. The van der Waals surface area contributed by atoms with Crippen molar-refractivity contribution in [2.24, 2.45) is 0 Å². The van der Waals surface area contributed by atoms with E-state index < -0.39 is 17.2 Å². The second kappa shape index (κ2) is 8.39. The highest BCUT2D eigenvalue weighted by Gasteiger charge is 2.19. The van der Waals surface area contributed by atoms with E-state index in [-0.39, 0.29) is 11.7 Å². The number of halogens is 1. The number of carbonyl (C=O) groups excluding carboxylic acids is 1. The average molecular weight is 442 g/mol. The summed E-state index contributed by atoms with van der Waals surface area (Å²) in [5, 5.41) is 17.0. The molecule has 6 nitrogen and oxygen atoms in total. The number of rotatable bonds is 5. The third kappa shape index (κ3) is 4.31. The van der Waals surface area contributed by atoms with E-state index in [0.29, 0.717) is 5.69 Å². The normalized spacial score (nSPS) is 11.8. The van der Waals surface area contributed by atoms with E-state index in [4.69, 9.17) is 0 Å². The lowest BCUT2D eigenvalue weighted by Crippen LogP contribution is -2.31. The molecule has 1 unspecified atom stereocenters. The maximum Gasteiger partial charge on any atom is 0.276 e. The Balaban J connectivity index is 1.87. The van der Waals surface area contributed by atoms with Crippen molar-refractivity contribution in [3.05, 3.63) is 86.2 Å². The lowest BCUT2D eigenvalue weighted by Gasteiger charge is -2.15. The van der Waals surface area contributed by atoms with E-state index >= 15 is 0 Å². The van der Waals surface area contributed by atoms with Crippen molar-refractivity contribution in [3.8, 4) is 11.4 Å². The summed E-state index contributed by atoms with van der Waals surface area (Å²) in [7, 11) is 0. The molecular formula is C21H20BrN3O3. The van der Waals surface area contributed by atoms with Crippen LogP contribution in [-0.2, 0) is 6.42 Å². The molecule has 2 aromatic carbocycles. The molecule has 0 spiro atoms. The summed E-state index contributed by atoms with van der Waals surface area (Å²) < 4.78 is 1.94. The zero-order valence-electron chi connectivity index (χ0n) is 15.5. The zero-order valence-corrected chi connectivity index (χ0v) is 17.1. The van der Waals surface area contributed by atoms with Crippen molar-refractivity contribution in [2.75, 3.05) is 0 Å². The van der Waals surface area contributed by atoms with Gasteiger partial charge in [-0.15, -0.1) is 0 Å². The van der Waals surface area contributed by atoms with Crippen LogP contribution in [0.5, 0.6) is 5.75 Å². The fraction of sp³-hybridized carbons (Fsp3) is 0.190. The molecule has 1 heterocycles. The molecular weight excluding hydrogens is 422 g/mol. The molecule has 0 fully saturated rings. The largest absolute Gasteiger partial charge is 0.505 e. The van der Waals surface area contributed by atoms with Gasteiger partial charge in [-0.3, -0.25) is 9.59 Å². The van der Waals surface area contributed by atoms with Gasteiger partial charge in [0.25, 0.3) is 11.5 Å². The molecule has 3 rings (SSSR count). The summed E-state index contributed by atoms with van der Waals surface area (Å²) in [6.45, 7) is 3.93. The van der Waals surface area contributed by atoms with Crippen LogP contribution in [0.4, 0.5) is 0 Å². The van der Waals surface area contributed by atoms with Crippen LogP contribution in [0, 0.1) is 0 Å². The minimum absolute atomic E-state index is 0.209. The standard InChI is InChI=1S/C21H20BrN3O3/c1-3-14-4-6-15(7-5-14)13(2)23-21(28)20-18(26)12-19(27)25(24-20)17-10-8-16(22)9-11-17/h4-13,26H,3H2,1-2H3,(H,23,28). The Hall–Kier alpha value is -2.93. The van der Waals surface area contributed by atoms with E-state index in [1.165, 1.54) is 5.56 Å². The molecule has 1 amide bonds. The maximum absolute atomic E-state index is 12.7. The van der Waals surface area contributed by atoms with Gasteiger partial charge >= 0.3 is 0 Å². The first-order valence-corrected chi connectivity index (χ1v) is 9.67. The third-order valence-corrected chi connectivity index (χ3v) is 4.96. The number of hydrogen-bond donors (Lipinski definition) is 2. The van der Waals surface area contributed by atoms with Gasteiger partial charge in [0, 0.05) is 10.5 Å². The molecule has 1 aromatic heterocycles. The summed E-state index contributed by atoms with van der Waals surface area (Å²) in [6.07, 6.45) is 0.941. The van der Waals surface area contributed by atoms with Gasteiger partial charge < -0.3 is 10.4 Å². The van der Waals surface area contributed by atoms with Crippen LogP contribution in [0.15, 0.2) is 63.9 Å². The number of hydrogen-bond acceptors (Lipinski definition) is 4. The summed E-state index contributed by atoms with van der Waals surface area (Å²) in [4.78, 5) is 24.9. The number of carbonyl (C=O) groups is 1. The smallest absolute Gasteiger partial charge is 0.276 e. The molecule has 0 saturated carbocycles. The van der Waals surface area contributed by atoms with Gasteiger partial charge in [-0.2, -0.15) is 9.78 Å². The Morgan fingerprint density at radius 2 is 1.82 bits per heavy atom. The Kier molecular flexibility index (Phi) is 5.94. The van der Waals surface area contributed by atoms with Crippen molar-refractivity contribution in [1.29, 1.82) is 0 Å². The summed E-state index contributed by atoms with van der Waals surface area (Å²) >= 11 is 3.33. The Morgan fingerprint density at radius 1 is 1.18 bits per heavy atom. The SMILES string of the molecule is CCc1ccc(C(C)NC(=O)c2nn(-c3ccc(Br)cc3)c(=O)cc2O)cc1.